The summed E-state index contributed by atoms with van der Waals surface area (Å²) in [7, 11) is -3.57. The highest BCUT2D eigenvalue weighted by Gasteiger charge is 2.28. The lowest BCUT2D eigenvalue weighted by Crippen LogP contribution is -2.36. The molecule has 148 valence electrons. The summed E-state index contributed by atoms with van der Waals surface area (Å²) in [4.78, 5) is 10.5. The Bertz CT molecular complexity index is 772. The van der Waals surface area contributed by atoms with Gasteiger partial charge in [-0.25, -0.2) is 17.5 Å². The molecule has 0 radical (unpaired) electrons. The summed E-state index contributed by atoms with van der Waals surface area (Å²) in [5.74, 6) is -0.907. The third-order valence-corrected chi connectivity index (χ3v) is 5.78. The fourth-order valence-corrected chi connectivity index (χ4v) is 4.37. The molecule has 1 aromatic rings. The monoisotopic (exact) mass is 395 g/mol. The average Bonchev–Trinajstić information content (AvgIpc) is 3.03. The highest BCUT2D eigenvalue weighted by molar-refractivity contribution is 7.92. The zero-order valence-electron chi connectivity index (χ0n) is 15.2. The highest BCUT2D eigenvalue weighted by atomic mass is 32.2. The van der Waals surface area contributed by atoms with E-state index in [2.05, 4.69) is 4.72 Å². The number of hydrogen-bond donors (Lipinski definition) is 2. The van der Waals surface area contributed by atoms with Gasteiger partial charge in [0.15, 0.2) is 0 Å². The third-order valence-electron chi connectivity index (χ3n) is 4.65. The second-order valence-electron chi connectivity index (χ2n) is 6.81. The Hall–Kier alpha value is -1.99. The SMILES string of the molecule is O=C(O)CCC/C=C/CC1CCCC1NS(=O)(=O)/C=C/c1ccc(F)cc1. The molecule has 1 saturated carbocycles. The fraction of sp³-hybridized carbons (Fsp3) is 0.450. The molecule has 1 aliphatic rings. The summed E-state index contributed by atoms with van der Waals surface area (Å²) in [6.45, 7) is 0. The number of nitrogens with one attached hydrogen (secondary N) is 1. The molecule has 2 unspecified atom stereocenters. The van der Waals surface area contributed by atoms with Crippen molar-refractivity contribution >= 4 is 22.1 Å². The number of carbonyl (C=O) groups is 1. The molecule has 0 aromatic heterocycles. The molecule has 0 saturated heterocycles. The maximum absolute atomic E-state index is 12.9. The Balaban J connectivity index is 1.84. The predicted molar refractivity (Wildman–Crippen MR) is 104 cm³/mol. The van der Waals surface area contributed by atoms with Crippen LogP contribution in [-0.2, 0) is 14.8 Å². The van der Waals surface area contributed by atoms with Crippen LogP contribution in [0.3, 0.4) is 0 Å². The van der Waals surface area contributed by atoms with Crippen LogP contribution in [0.5, 0.6) is 0 Å². The quantitative estimate of drug-likeness (QED) is 0.462. The smallest absolute Gasteiger partial charge is 0.303 e. The average molecular weight is 395 g/mol. The Morgan fingerprint density at radius 3 is 2.67 bits per heavy atom. The van der Waals surface area contributed by atoms with Crippen molar-refractivity contribution in [3.8, 4) is 0 Å². The minimum absolute atomic E-state index is 0.100. The van der Waals surface area contributed by atoms with E-state index in [1.807, 2.05) is 12.2 Å². The number of halogens is 1. The Morgan fingerprint density at radius 1 is 1.22 bits per heavy atom. The Morgan fingerprint density at radius 2 is 1.96 bits per heavy atom. The summed E-state index contributed by atoms with van der Waals surface area (Å²) in [5.41, 5.74) is 0.619. The fourth-order valence-electron chi connectivity index (χ4n) is 3.23. The summed E-state index contributed by atoms with van der Waals surface area (Å²) in [6, 6.07) is 5.52. The third kappa shape index (κ3) is 8.05. The molecule has 2 atom stereocenters. The first-order valence-electron chi connectivity index (χ1n) is 9.18. The van der Waals surface area contributed by atoms with Gasteiger partial charge in [0.2, 0.25) is 10.0 Å². The van der Waals surface area contributed by atoms with E-state index < -0.39 is 16.0 Å². The van der Waals surface area contributed by atoms with Gasteiger partial charge in [-0.15, -0.1) is 0 Å². The van der Waals surface area contributed by atoms with Gasteiger partial charge < -0.3 is 5.11 Å². The van der Waals surface area contributed by atoms with E-state index >= 15 is 0 Å². The van der Waals surface area contributed by atoms with Gasteiger partial charge in [0, 0.05) is 17.9 Å². The van der Waals surface area contributed by atoms with Crippen molar-refractivity contribution in [2.75, 3.05) is 0 Å². The standard InChI is InChI=1S/C20H26FNO4S/c21-18-12-10-16(11-13-18)14-15-27(25,26)22-19-8-5-7-17(19)6-3-1-2-4-9-20(23)24/h1,3,10-15,17,19,22H,2,4-9H2,(H,23,24)/b3-1+,15-14+. The molecule has 0 heterocycles. The van der Waals surface area contributed by atoms with E-state index in [9.17, 15) is 17.6 Å². The lowest BCUT2D eigenvalue weighted by atomic mass is 10.00. The van der Waals surface area contributed by atoms with Gasteiger partial charge in [0.05, 0.1) is 0 Å². The molecule has 27 heavy (non-hydrogen) atoms. The van der Waals surface area contributed by atoms with Crippen molar-refractivity contribution in [1.29, 1.82) is 0 Å². The van der Waals surface area contributed by atoms with Crippen LogP contribution in [0.1, 0.15) is 50.5 Å². The van der Waals surface area contributed by atoms with Crippen LogP contribution in [0.4, 0.5) is 4.39 Å². The van der Waals surface area contributed by atoms with E-state index in [4.69, 9.17) is 5.11 Å². The molecule has 0 amide bonds. The molecule has 0 aliphatic heterocycles. The second kappa shape index (κ2) is 10.4. The molecular formula is C20H26FNO4S. The van der Waals surface area contributed by atoms with Gasteiger partial charge in [-0.2, -0.15) is 0 Å². The second-order valence-corrected chi connectivity index (χ2v) is 8.41. The summed E-state index contributed by atoms with van der Waals surface area (Å²) < 4.78 is 40.3. The molecule has 5 nitrogen and oxygen atoms in total. The number of allylic oxidation sites excluding steroid dienone is 2. The summed E-state index contributed by atoms with van der Waals surface area (Å²) in [6.07, 6.45) is 10.5. The zero-order chi connectivity index (χ0) is 19.7. The van der Waals surface area contributed by atoms with E-state index in [0.717, 1.165) is 37.5 Å². The minimum atomic E-state index is -3.57. The molecule has 1 aliphatic carbocycles. The van der Waals surface area contributed by atoms with Crippen LogP contribution in [0.2, 0.25) is 0 Å². The molecule has 2 rings (SSSR count). The first-order valence-corrected chi connectivity index (χ1v) is 10.7. The van der Waals surface area contributed by atoms with Crippen molar-refractivity contribution < 1.29 is 22.7 Å². The van der Waals surface area contributed by atoms with Crippen LogP contribution in [-0.4, -0.2) is 25.5 Å². The van der Waals surface area contributed by atoms with Crippen molar-refractivity contribution in [3.05, 3.63) is 53.2 Å². The molecule has 1 aromatic carbocycles. The number of sulfonamides is 1. The lowest BCUT2D eigenvalue weighted by molar-refractivity contribution is -0.137. The number of carboxylic acids is 1. The maximum Gasteiger partial charge on any atom is 0.303 e. The van der Waals surface area contributed by atoms with Gasteiger partial charge in [0.1, 0.15) is 5.82 Å². The van der Waals surface area contributed by atoms with Crippen LogP contribution in [0.25, 0.3) is 6.08 Å². The minimum Gasteiger partial charge on any atom is -0.481 e. The molecule has 7 heteroatoms. The zero-order valence-corrected chi connectivity index (χ0v) is 16.0. The molecule has 2 N–H and O–H groups in total. The van der Waals surface area contributed by atoms with Gasteiger partial charge in [-0.1, -0.05) is 30.7 Å². The van der Waals surface area contributed by atoms with Crippen LogP contribution < -0.4 is 4.72 Å². The van der Waals surface area contributed by atoms with Crippen LogP contribution >= 0.6 is 0 Å². The van der Waals surface area contributed by atoms with Crippen molar-refractivity contribution in [1.82, 2.24) is 4.72 Å². The number of aliphatic carboxylic acids is 1. The first kappa shape index (κ1) is 21.3. The lowest BCUT2D eigenvalue weighted by Gasteiger charge is -2.18. The van der Waals surface area contributed by atoms with Crippen LogP contribution in [0.15, 0.2) is 41.8 Å². The predicted octanol–water partition coefficient (Wildman–Crippen LogP) is 4.09. The number of benzene rings is 1. The highest BCUT2D eigenvalue weighted by Crippen LogP contribution is 2.29. The first-order chi connectivity index (χ1) is 12.9. The van der Waals surface area contributed by atoms with Crippen molar-refractivity contribution in [2.45, 2.75) is 51.0 Å². The Labute approximate surface area is 160 Å². The van der Waals surface area contributed by atoms with Crippen molar-refractivity contribution in [3.63, 3.8) is 0 Å². The maximum atomic E-state index is 12.9. The van der Waals surface area contributed by atoms with Crippen molar-refractivity contribution in [2.24, 2.45) is 5.92 Å². The molecule has 1 fully saturated rings. The largest absolute Gasteiger partial charge is 0.481 e. The van der Waals surface area contributed by atoms with Gasteiger partial charge in [0.25, 0.3) is 0 Å². The number of hydrogen-bond acceptors (Lipinski definition) is 3. The van der Waals surface area contributed by atoms with Gasteiger partial charge in [-0.3, -0.25) is 4.79 Å². The van der Waals surface area contributed by atoms with E-state index in [1.165, 1.54) is 30.3 Å². The summed E-state index contributed by atoms with van der Waals surface area (Å²) in [5, 5.41) is 9.73. The number of rotatable bonds is 10. The van der Waals surface area contributed by atoms with E-state index in [-0.39, 0.29) is 24.2 Å². The van der Waals surface area contributed by atoms with E-state index in [1.54, 1.807) is 0 Å². The number of unbranched alkanes of at least 4 members (excludes halogenated alkanes) is 1. The normalized spacial score (nSPS) is 20.6. The molecular weight excluding hydrogens is 369 g/mol. The molecule has 0 bridgehead atoms. The van der Waals surface area contributed by atoms with E-state index in [0.29, 0.717) is 12.0 Å². The molecule has 0 spiro atoms. The topological polar surface area (TPSA) is 83.5 Å². The Kier molecular flexibility index (Phi) is 8.19. The van der Waals surface area contributed by atoms with Gasteiger partial charge >= 0.3 is 5.97 Å². The number of carboxylic acid groups (broad SMARTS) is 1. The van der Waals surface area contributed by atoms with Crippen LogP contribution in [0, 0.1) is 11.7 Å². The van der Waals surface area contributed by atoms with Gasteiger partial charge in [-0.05, 0) is 61.8 Å². The summed E-state index contributed by atoms with van der Waals surface area (Å²) >= 11 is 0.